The molecule has 0 radical (unpaired) electrons. The minimum absolute atomic E-state index is 0.0339. The molecule has 1 aromatic rings. The first-order chi connectivity index (χ1) is 7.54. The van der Waals surface area contributed by atoms with E-state index in [0.29, 0.717) is 5.56 Å². The summed E-state index contributed by atoms with van der Waals surface area (Å²) in [6, 6.07) is 5.36. The van der Waals surface area contributed by atoms with Gasteiger partial charge in [-0.15, -0.1) is 0 Å². The highest BCUT2D eigenvalue weighted by Gasteiger charge is 2.01. The summed E-state index contributed by atoms with van der Waals surface area (Å²) < 4.78 is 4.49. The highest BCUT2D eigenvalue weighted by atomic mass is 16.5. The van der Waals surface area contributed by atoms with E-state index in [1.807, 2.05) is 13.0 Å². The summed E-state index contributed by atoms with van der Waals surface area (Å²) in [4.78, 5) is 22.0. The van der Waals surface area contributed by atoms with Gasteiger partial charge in [0.1, 0.15) is 0 Å². The summed E-state index contributed by atoms with van der Waals surface area (Å²) in [5, 5.41) is 0. The second-order valence-corrected chi connectivity index (χ2v) is 3.48. The molecule has 0 saturated carbocycles. The Bertz CT molecular complexity index is 444. The molecule has 0 atom stereocenters. The zero-order valence-electron chi connectivity index (χ0n) is 9.61. The zero-order valence-corrected chi connectivity index (χ0v) is 9.61. The maximum absolute atomic E-state index is 11.1. The van der Waals surface area contributed by atoms with E-state index in [1.54, 1.807) is 18.2 Å². The van der Waals surface area contributed by atoms with Gasteiger partial charge in [-0.05, 0) is 37.1 Å². The third-order valence-electron chi connectivity index (χ3n) is 2.28. The van der Waals surface area contributed by atoms with E-state index in [0.717, 1.165) is 11.1 Å². The molecule has 3 nitrogen and oxygen atoms in total. The van der Waals surface area contributed by atoms with Crippen LogP contribution < -0.4 is 0 Å². The maximum atomic E-state index is 11.1. The molecule has 0 heterocycles. The Labute approximate surface area is 94.7 Å². The number of Topliss-reactive ketones (excluding diaryl/α,β-unsaturated/α-hetero) is 1. The smallest absolute Gasteiger partial charge is 0.330 e. The average Bonchev–Trinajstić information content (AvgIpc) is 2.26. The first kappa shape index (κ1) is 12.2. The van der Waals surface area contributed by atoms with Gasteiger partial charge in [-0.25, -0.2) is 4.79 Å². The van der Waals surface area contributed by atoms with Gasteiger partial charge >= 0.3 is 5.97 Å². The predicted octanol–water partition coefficient (Wildman–Crippen LogP) is 2.38. The van der Waals surface area contributed by atoms with Crippen molar-refractivity contribution in [2.45, 2.75) is 13.8 Å². The molecule has 3 heteroatoms. The van der Waals surface area contributed by atoms with Gasteiger partial charge in [-0.1, -0.05) is 12.1 Å². The van der Waals surface area contributed by atoms with Gasteiger partial charge in [0.2, 0.25) is 0 Å². The van der Waals surface area contributed by atoms with Crippen LogP contribution in [0.4, 0.5) is 0 Å². The molecule has 0 saturated heterocycles. The van der Waals surface area contributed by atoms with E-state index < -0.39 is 5.97 Å². The van der Waals surface area contributed by atoms with Crippen molar-refractivity contribution in [3.8, 4) is 0 Å². The van der Waals surface area contributed by atoms with Crippen LogP contribution in [0.1, 0.15) is 28.4 Å². The van der Waals surface area contributed by atoms with Crippen molar-refractivity contribution in [2.24, 2.45) is 0 Å². The first-order valence-corrected chi connectivity index (χ1v) is 4.92. The van der Waals surface area contributed by atoms with Gasteiger partial charge in [-0.3, -0.25) is 4.79 Å². The Morgan fingerprint density at radius 1 is 1.31 bits per heavy atom. The number of benzene rings is 1. The van der Waals surface area contributed by atoms with Crippen molar-refractivity contribution in [2.75, 3.05) is 7.11 Å². The van der Waals surface area contributed by atoms with Crippen LogP contribution >= 0.6 is 0 Å². The van der Waals surface area contributed by atoms with Crippen molar-refractivity contribution in [1.82, 2.24) is 0 Å². The van der Waals surface area contributed by atoms with E-state index in [9.17, 15) is 9.59 Å². The standard InChI is InChI=1S/C13H14O3/c1-9-8-12(10(2)14)5-4-11(9)6-7-13(15)16-3/h4-8H,1-3H3. The molecule has 0 aliphatic carbocycles. The number of ketones is 1. The summed E-state index contributed by atoms with van der Waals surface area (Å²) in [7, 11) is 1.33. The topological polar surface area (TPSA) is 43.4 Å². The van der Waals surface area contributed by atoms with Gasteiger partial charge in [0.05, 0.1) is 7.11 Å². The number of carbonyl (C=O) groups excluding carboxylic acids is 2. The average molecular weight is 218 g/mol. The maximum Gasteiger partial charge on any atom is 0.330 e. The molecule has 0 unspecified atom stereocenters. The summed E-state index contributed by atoms with van der Waals surface area (Å²) in [6.45, 7) is 3.42. The van der Waals surface area contributed by atoms with E-state index >= 15 is 0 Å². The third kappa shape index (κ3) is 3.05. The normalized spacial score (nSPS) is 10.4. The number of ether oxygens (including phenoxy) is 1. The summed E-state index contributed by atoms with van der Waals surface area (Å²) in [5.74, 6) is -0.360. The minimum atomic E-state index is -0.393. The SMILES string of the molecule is COC(=O)C=Cc1ccc(C(C)=O)cc1C. The Morgan fingerprint density at radius 3 is 2.50 bits per heavy atom. The monoisotopic (exact) mass is 218 g/mol. The molecule has 1 rings (SSSR count). The van der Waals surface area contributed by atoms with Crippen molar-refractivity contribution in [3.05, 3.63) is 41.0 Å². The number of hydrogen-bond donors (Lipinski definition) is 0. The summed E-state index contributed by atoms with van der Waals surface area (Å²) in [5.41, 5.74) is 2.52. The molecular weight excluding hydrogens is 204 g/mol. The molecule has 0 aliphatic heterocycles. The third-order valence-corrected chi connectivity index (χ3v) is 2.28. The van der Waals surface area contributed by atoms with Gasteiger partial charge in [-0.2, -0.15) is 0 Å². The zero-order chi connectivity index (χ0) is 12.1. The molecule has 0 aliphatic rings. The van der Waals surface area contributed by atoms with Gasteiger partial charge in [0.25, 0.3) is 0 Å². The van der Waals surface area contributed by atoms with Crippen molar-refractivity contribution in [3.63, 3.8) is 0 Å². The molecule has 1 aromatic carbocycles. The summed E-state index contributed by atoms with van der Waals surface area (Å²) in [6.07, 6.45) is 3.03. The lowest BCUT2D eigenvalue weighted by Crippen LogP contribution is -1.95. The van der Waals surface area contributed by atoms with Crippen LogP contribution in [0.2, 0.25) is 0 Å². The summed E-state index contributed by atoms with van der Waals surface area (Å²) >= 11 is 0. The number of rotatable bonds is 3. The molecule has 0 fully saturated rings. The van der Waals surface area contributed by atoms with E-state index in [4.69, 9.17) is 0 Å². The molecule has 0 N–H and O–H groups in total. The Hall–Kier alpha value is -1.90. The molecular formula is C13H14O3. The lowest BCUT2D eigenvalue weighted by atomic mass is 10.0. The molecule has 0 amide bonds. The second kappa shape index (κ2) is 5.26. The van der Waals surface area contributed by atoms with Crippen LogP contribution in [-0.4, -0.2) is 18.9 Å². The molecule has 84 valence electrons. The highest BCUT2D eigenvalue weighted by molar-refractivity contribution is 5.94. The van der Waals surface area contributed by atoms with Crippen LogP contribution in [0.15, 0.2) is 24.3 Å². The lowest BCUT2D eigenvalue weighted by molar-refractivity contribution is -0.134. The van der Waals surface area contributed by atoms with Crippen molar-refractivity contribution >= 4 is 17.8 Å². The van der Waals surface area contributed by atoms with E-state index in [2.05, 4.69) is 4.74 Å². The Balaban J connectivity index is 2.95. The largest absolute Gasteiger partial charge is 0.466 e. The number of esters is 1. The molecule has 16 heavy (non-hydrogen) atoms. The number of aryl methyl sites for hydroxylation is 1. The Morgan fingerprint density at radius 2 is 2.00 bits per heavy atom. The molecule has 0 aromatic heterocycles. The lowest BCUT2D eigenvalue weighted by Gasteiger charge is -2.02. The van der Waals surface area contributed by atoms with Crippen LogP contribution in [0, 0.1) is 6.92 Å². The van der Waals surface area contributed by atoms with Crippen LogP contribution in [-0.2, 0) is 9.53 Å². The second-order valence-electron chi connectivity index (χ2n) is 3.48. The van der Waals surface area contributed by atoms with Crippen LogP contribution in [0.5, 0.6) is 0 Å². The first-order valence-electron chi connectivity index (χ1n) is 4.92. The quantitative estimate of drug-likeness (QED) is 0.444. The fraction of sp³-hybridized carbons (Fsp3) is 0.231. The van der Waals surface area contributed by atoms with Gasteiger partial charge in [0.15, 0.2) is 5.78 Å². The number of carbonyl (C=O) groups is 2. The predicted molar refractivity (Wildman–Crippen MR) is 62.2 cm³/mol. The minimum Gasteiger partial charge on any atom is -0.466 e. The van der Waals surface area contributed by atoms with Crippen LogP contribution in [0.3, 0.4) is 0 Å². The van der Waals surface area contributed by atoms with Gasteiger partial charge < -0.3 is 4.74 Å². The molecule has 0 spiro atoms. The fourth-order valence-electron chi connectivity index (χ4n) is 1.31. The van der Waals surface area contributed by atoms with E-state index in [1.165, 1.54) is 20.1 Å². The highest BCUT2D eigenvalue weighted by Crippen LogP contribution is 2.13. The Kier molecular flexibility index (Phi) is 4.00. The van der Waals surface area contributed by atoms with Gasteiger partial charge in [0, 0.05) is 11.6 Å². The molecule has 0 bridgehead atoms. The fourth-order valence-corrected chi connectivity index (χ4v) is 1.31. The van der Waals surface area contributed by atoms with Crippen LogP contribution in [0.25, 0.3) is 6.08 Å². The van der Waals surface area contributed by atoms with E-state index in [-0.39, 0.29) is 5.78 Å². The van der Waals surface area contributed by atoms with Crippen molar-refractivity contribution < 1.29 is 14.3 Å². The van der Waals surface area contributed by atoms with Crippen molar-refractivity contribution in [1.29, 1.82) is 0 Å². The number of methoxy groups -OCH3 is 1. The number of hydrogen-bond acceptors (Lipinski definition) is 3.